The Hall–Kier alpha value is -4.43. The Balaban J connectivity index is 1.46. The lowest BCUT2D eigenvalue weighted by molar-refractivity contribution is 0.0997. The van der Waals surface area contributed by atoms with E-state index in [1.54, 1.807) is 30.1 Å². The average Bonchev–Trinajstić information content (AvgIpc) is 3.39. The highest BCUT2D eigenvalue weighted by molar-refractivity contribution is 6.32. The van der Waals surface area contributed by atoms with Gasteiger partial charge in [-0.2, -0.15) is 15.5 Å². The fraction of sp³-hybridized carbons (Fsp3) is 0.174. The van der Waals surface area contributed by atoms with Crippen LogP contribution >= 0.6 is 11.6 Å². The average molecular weight is 493 g/mol. The SMILES string of the molecule is Cn1cc2c(F)cc(-c3nn4c(c3C(N)=O)CN(C(=O)Nc3ccc(C#N)c(Cl)c3)CC4)cc2n1. The van der Waals surface area contributed by atoms with Crippen LogP contribution in [0.15, 0.2) is 36.5 Å². The molecule has 35 heavy (non-hydrogen) atoms. The van der Waals surface area contributed by atoms with Crippen LogP contribution in [-0.2, 0) is 20.1 Å². The van der Waals surface area contributed by atoms with Crippen LogP contribution in [0.25, 0.3) is 22.2 Å². The molecule has 12 heteroatoms. The van der Waals surface area contributed by atoms with Crippen molar-refractivity contribution >= 4 is 40.1 Å². The molecule has 3 heterocycles. The van der Waals surface area contributed by atoms with Crippen molar-refractivity contribution in [1.29, 1.82) is 5.26 Å². The van der Waals surface area contributed by atoms with Gasteiger partial charge in [0.25, 0.3) is 5.91 Å². The minimum atomic E-state index is -0.732. The number of carbonyl (C=O) groups excluding carboxylic acids is 2. The van der Waals surface area contributed by atoms with Crippen molar-refractivity contribution in [2.24, 2.45) is 12.8 Å². The molecule has 0 fully saturated rings. The van der Waals surface area contributed by atoms with Crippen LogP contribution in [-0.4, -0.2) is 42.9 Å². The summed E-state index contributed by atoms with van der Waals surface area (Å²) in [5.41, 5.74) is 8.02. The molecular formula is C23H18ClFN8O2. The number of aryl methyl sites for hydroxylation is 1. The predicted octanol–water partition coefficient (Wildman–Crippen LogP) is 3.25. The van der Waals surface area contributed by atoms with Crippen LogP contribution < -0.4 is 11.1 Å². The highest BCUT2D eigenvalue weighted by atomic mass is 35.5. The molecule has 0 unspecified atom stereocenters. The number of urea groups is 1. The lowest BCUT2D eigenvalue weighted by Crippen LogP contribution is -2.41. The van der Waals surface area contributed by atoms with Crippen LogP contribution in [0.2, 0.25) is 5.02 Å². The van der Waals surface area contributed by atoms with Gasteiger partial charge in [0.2, 0.25) is 0 Å². The molecule has 4 aromatic rings. The van der Waals surface area contributed by atoms with Crippen LogP contribution in [0.3, 0.4) is 0 Å². The molecule has 0 bridgehead atoms. The van der Waals surface area contributed by atoms with Gasteiger partial charge in [0.1, 0.15) is 17.6 Å². The van der Waals surface area contributed by atoms with Gasteiger partial charge in [0.05, 0.1) is 45.8 Å². The normalized spacial score (nSPS) is 12.9. The Kier molecular flexibility index (Phi) is 5.37. The van der Waals surface area contributed by atoms with E-state index in [0.29, 0.717) is 46.5 Å². The maximum atomic E-state index is 14.7. The number of nitrogens with two attached hydrogens (primary N) is 1. The molecule has 2 aromatic heterocycles. The largest absolute Gasteiger partial charge is 0.365 e. The minimum Gasteiger partial charge on any atom is -0.365 e. The zero-order valence-corrected chi connectivity index (χ0v) is 19.2. The molecule has 0 radical (unpaired) electrons. The number of carbonyl (C=O) groups is 2. The van der Waals surface area contributed by atoms with Crippen molar-refractivity contribution in [3.63, 3.8) is 0 Å². The number of nitrogens with zero attached hydrogens (tertiary/aromatic N) is 6. The van der Waals surface area contributed by atoms with Crippen LogP contribution in [0.5, 0.6) is 0 Å². The van der Waals surface area contributed by atoms with Crippen LogP contribution in [0, 0.1) is 17.1 Å². The van der Waals surface area contributed by atoms with Gasteiger partial charge in [0, 0.05) is 31.0 Å². The number of rotatable bonds is 3. The predicted molar refractivity (Wildman–Crippen MR) is 126 cm³/mol. The Bertz CT molecular complexity index is 1570. The molecule has 0 atom stereocenters. The number of hydrogen-bond acceptors (Lipinski definition) is 5. The van der Waals surface area contributed by atoms with Gasteiger partial charge in [-0.3, -0.25) is 14.2 Å². The molecule has 0 spiro atoms. The first-order chi connectivity index (χ1) is 16.7. The lowest BCUT2D eigenvalue weighted by Gasteiger charge is -2.28. The summed E-state index contributed by atoms with van der Waals surface area (Å²) < 4.78 is 17.8. The third-order valence-corrected chi connectivity index (χ3v) is 6.13. The van der Waals surface area contributed by atoms with Crippen molar-refractivity contribution < 1.29 is 14.0 Å². The van der Waals surface area contributed by atoms with Gasteiger partial charge in [-0.1, -0.05) is 11.6 Å². The summed E-state index contributed by atoms with van der Waals surface area (Å²) in [4.78, 5) is 26.8. The van der Waals surface area contributed by atoms with E-state index in [4.69, 9.17) is 22.6 Å². The summed E-state index contributed by atoms with van der Waals surface area (Å²) in [6, 6.07) is 9.06. The second-order valence-electron chi connectivity index (χ2n) is 8.11. The first-order valence-electron chi connectivity index (χ1n) is 10.5. The van der Waals surface area contributed by atoms with Gasteiger partial charge in [0.15, 0.2) is 0 Å². The molecule has 2 aromatic carbocycles. The van der Waals surface area contributed by atoms with E-state index in [9.17, 15) is 14.0 Å². The molecule has 1 aliphatic rings. The highest BCUT2D eigenvalue weighted by Crippen LogP contribution is 2.31. The summed E-state index contributed by atoms with van der Waals surface area (Å²) >= 11 is 6.05. The van der Waals surface area contributed by atoms with Crippen molar-refractivity contribution in [1.82, 2.24) is 24.5 Å². The van der Waals surface area contributed by atoms with E-state index in [1.165, 1.54) is 27.8 Å². The fourth-order valence-electron chi connectivity index (χ4n) is 4.17. The molecule has 3 amide bonds. The maximum Gasteiger partial charge on any atom is 0.322 e. The quantitative estimate of drug-likeness (QED) is 0.452. The Morgan fingerprint density at radius 1 is 1.23 bits per heavy atom. The molecule has 5 rings (SSSR count). The Labute approximate surface area is 203 Å². The highest BCUT2D eigenvalue weighted by Gasteiger charge is 2.30. The summed E-state index contributed by atoms with van der Waals surface area (Å²) in [6.07, 6.45) is 1.57. The molecule has 0 aliphatic carbocycles. The van der Waals surface area contributed by atoms with Gasteiger partial charge in [-0.15, -0.1) is 0 Å². The smallest absolute Gasteiger partial charge is 0.322 e. The third kappa shape index (κ3) is 3.94. The number of nitriles is 1. The molecule has 176 valence electrons. The number of halogens is 2. The lowest BCUT2D eigenvalue weighted by atomic mass is 10.0. The summed E-state index contributed by atoms with van der Waals surface area (Å²) in [6.45, 7) is 0.691. The number of anilines is 1. The van der Waals surface area contributed by atoms with E-state index in [-0.39, 0.29) is 22.8 Å². The topological polar surface area (TPSA) is 135 Å². The van der Waals surface area contributed by atoms with E-state index < -0.39 is 17.8 Å². The summed E-state index contributed by atoms with van der Waals surface area (Å²) in [5, 5.41) is 21.1. The molecule has 1 aliphatic heterocycles. The first kappa shape index (κ1) is 22.4. The van der Waals surface area contributed by atoms with Gasteiger partial charge in [-0.25, -0.2) is 9.18 Å². The maximum absolute atomic E-state index is 14.7. The fourth-order valence-corrected chi connectivity index (χ4v) is 4.40. The molecule has 0 saturated heterocycles. The molecule has 10 nitrogen and oxygen atoms in total. The number of primary amides is 1. The number of hydrogen-bond donors (Lipinski definition) is 2. The van der Waals surface area contributed by atoms with Gasteiger partial charge < -0.3 is 16.0 Å². The number of fused-ring (bicyclic) bond motifs is 2. The second-order valence-corrected chi connectivity index (χ2v) is 8.52. The van der Waals surface area contributed by atoms with Crippen molar-refractivity contribution in [3.8, 4) is 17.3 Å². The third-order valence-electron chi connectivity index (χ3n) is 5.82. The van der Waals surface area contributed by atoms with E-state index in [1.807, 2.05) is 6.07 Å². The van der Waals surface area contributed by atoms with Gasteiger partial charge in [-0.05, 0) is 30.3 Å². The number of nitrogens with one attached hydrogen (secondary N) is 1. The van der Waals surface area contributed by atoms with E-state index >= 15 is 0 Å². The summed E-state index contributed by atoms with van der Waals surface area (Å²) in [7, 11) is 1.69. The Morgan fingerprint density at radius 3 is 2.74 bits per heavy atom. The molecule has 3 N–H and O–H groups in total. The minimum absolute atomic E-state index is 0.0649. The Morgan fingerprint density at radius 2 is 2.03 bits per heavy atom. The zero-order chi connectivity index (χ0) is 24.9. The van der Waals surface area contributed by atoms with Gasteiger partial charge >= 0.3 is 6.03 Å². The standard InChI is InChI=1S/C23H18ClFN8O2/c1-31-10-15-17(25)6-13(7-18(15)29-31)21-20(22(27)34)19-11-32(4-5-33(19)30-21)23(35)28-14-3-2-12(9-26)16(24)8-14/h2-3,6-8,10H,4-5,11H2,1H3,(H2,27,34)(H,28,35). The van der Waals surface area contributed by atoms with E-state index in [0.717, 1.165) is 0 Å². The number of aromatic nitrogens is 4. The van der Waals surface area contributed by atoms with E-state index in [2.05, 4.69) is 15.5 Å². The van der Waals surface area contributed by atoms with Crippen molar-refractivity contribution in [2.75, 3.05) is 11.9 Å². The molecule has 0 saturated carbocycles. The number of amides is 3. The van der Waals surface area contributed by atoms with Crippen LogP contribution in [0.4, 0.5) is 14.9 Å². The summed E-state index contributed by atoms with van der Waals surface area (Å²) in [5.74, 6) is -1.22. The van der Waals surface area contributed by atoms with Crippen molar-refractivity contribution in [3.05, 3.63) is 64.2 Å². The second kappa shape index (κ2) is 8.41. The van der Waals surface area contributed by atoms with Crippen LogP contribution in [0.1, 0.15) is 21.6 Å². The number of benzene rings is 2. The monoisotopic (exact) mass is 492 g/mol. The first-order valence-corrected chi connectivity index (χ1v) is 10.9. The molecular weight excluding hydrogens is 475 g/mol. The zero-order valence-electron chi connectivity index (χ0n) is 18.4. The van der Waals surface area contributed by atoms with Crippen molar-refractivity contribution in [2.45, 2.75) is 13.1 Å².